The lowest BCUT2D eigenvalue weighted by Gasteiger charge is -2.35. The lowest BCUT2D eigenvalue weighted by atomic mass is 9.85. The number of benzene rings is 2. The zero-order valence-electron chi connectivity index (χ0n) is 31.1. The summed E-state index contributed by atoms with van der Waals surface area (Å²) in [5.74, 6) is -2.00. The molecule has 3 fully saturated rings. The molecule has 0 radical (unpaired) electrons. The van der Waals surface area contributed by atoms with Gasteiger partial charge in [0, 0.05) is 42.5 Å². The number of methoxy groups -OCH3 is 2. The first-order valence-electron chi connectivity index (χ1n) is 17.9. The molecule has 3 aliphatic rings. The van der Waals surface area contributed by atoms with Gasteiger partial charge in [0.05, 0.1) is 30.1 Å². The van der Waals surface area contributed by atoms with Gasteiger partial charge in [-0.3, -0.25) is 23.9 Å². The van der Waals surface area contributed by atoms with Gasteiger partial charge in [-0.05, 0) is 36.8 Å². The van der Waals surface area contributed by atoms with Crippen molar-refractivity contribution in [2.75, 3.05) is 27.4 Å². The zero-order chi connectivity index (χ0) is 39.0. The predicted molar refractivity (Wildman–Crippen MR) is 201 cm³/mol. The summed E-state index contributed by atoms with van der Waals surface area (Å²) in [6.45, 7) is 8.85. The van der Waals surface area contributed by atoms with Crippen molar-refractivity contribution in [3.05, 3.63) is 67.3 Å². The number of aromatic nitrogens is 1. The van der Waals surface area contributed by atoms with Crippen LogP contribution in [0.5, 0.6) is 11.5 Å². The number of nitrogens with zero attached hydrogens (tertiary/aromatic N) is 2. The van der Waals surface area contributed by atoms with Gasteiger partial charge < -0.3 is 29.7 Å². The number of rotatable bonds is 14. The van der Waals surface area contributed by atoms with Gasteiger partial charge in [-0.15, -0.1) is 6.58 Å². The Balaban J connectivity index is 1.34. The fourth-order valence-corrected chi connectivity index (χ4v) is 8.24. The highest BCUT2D eigenvalue weighted by Gasteiger charge is 2.62. The first-order chi connectivity index (χ1) is 25.6. The second-order valence-electron chi connectivity index (χ2n) is 15.2. The van der Waals surface area contributed by atoms with E-state index in [9.17, 15) is 27.6 Å². The zero-order valence-corrected chi connectivity index (χ0v) is 31.9. The van der Waals surface area contributed by atoms with Gasteiger partial charge in [0.15, 0.2) is 0 Å². The Kier molecular flexibility index (Phi) is 10.8. The Morgan fingerprint density at radius 1 is 1.07 bits per heavy atom. The fraction of sp³-hybridized carbons (Fsp3) is 0.462. The van der Waals surface area contributed by atoms with Crippen LogP contribution < -0.4 is 24.8 Å². The molecule has 15 heteroatoms. The van der Waals surface area contributed by atoms with Crippen LogP contribution >= 0.6 is 0 Å². The molecule has 54 heavy (non-hydrogen) atoms. The molecule has 0 spiro atoms. The highest BCUT2D eigenvalue weighted by Crippen LogP contribution is 2.46. The Hall–Kier alpha value is -5.02. The maximum absolute atomic E-state index is 14.5. The van der Waals surface area contributed by atoms with Gasteiger partial charge >= 0.3 is 0 Å². The second-order valence-corrected chi connectivity index (χ2v) is 17.2. The number of pyridine rings is 1. The van der Waals surface area contributed by atoms with Crippen LogP contribution in [0.3, 0.4) is 0 Å². The molecule has 2 aliphatic carbocycles. The summed E-state index contributed by atoms with van der Waals surface area (Å²) in [6.07, 6.45) is 1.86. The van der Waals surface area contributed by atoms with Crippen molar-refractivity contribution in [1.29, 1.82) is 0 Å². The summed E-state index contributed by atoms with van der Waals surface area (Å²) in [4.78, 5) is 61.4. The van der Waals surface area contributed by atoms with Crippen molar-refractivity contribution >= 4 is 44.6 Å². The van der Waals surface area contributed by atoms with Gasteiger partial charge in [-0.2, -0.15) is 0 Å². The highest BCUT2D eigenvalue weighted by atomic mass is 32.2. The van der Waals surface area contributed by atoms with E-state index >= 15 is 0 Å². The average Bonchev–Trinajstić information content (AvgIpc) is 4.06. The van der Waals surface area contributed by atoms with E-state index < -0.39 is 74.0 Å². The quantitative estimate of drug-likeness (QED) is 0.207. The van der Waals surface area contributed by atoms with Crippen molar-refractivity contribution < 1.29 is 41.8 Å². The van der Waals surface area contributed by atoms with Crippen molar-refractivity contribution in [3.8, 4) is 22.8 Å². The number of nitrogens with one attached hydrogen (secondary N) is 3. The molecule has 0 bridgehead atoms. The van der Waals surface area contributed by atoms with E-state index in [1.54, 1.807) is 40.0 Å². The highest BCUT2D eigenvalue weighted by molar-refractivity contribution is 7.91. The molecule has 288 valence electrons. The van der Waals surface area contributed by atoms with Crippen LogP contribution in [0, 0.1) is 11.3 Å². The van der Waals surface area contributed by atoms with Gasteiger partial charge in [-0.25, -0.2) is 13.4 Å². The minimum atomic E-state index is -3.91. The molecule has 5 atom stereocenters. The van der Waals surface area contributed by atoms with E-state index in [1.165, 1.54) is 18.1 Å². The lowest BCUT2D eigenvalue weighted by Crippen LogP contribution is -2.60. The molecule has 14 nitrogen and oxygen atoms in total. The minimum Gasteiger partial charge on any atom is -0.497 e. The van der Waals surface area contributed by atoms with Gasteiger partial charge in [0.2, 0.25) is 27.7 Å². The van der Waals surface area contributed by atoms with Crippen LogP contribution in [0.2, 0.25) is 0 Å². The number of hydrogen-bond donors (Lipinski definition) is 3. The number of sulfonamides is 1. The third-order valence-electron chi connectivity index (χ3n) is 10.1. The van der Waals surface area contributed by atoms with E-state index in [2.05, 4.69) is 21.9 Å². The van der Waals surface area contributed by atoms with Crippen LogP contribution in [0.1, 0.15) is 46.5 Å². The summed E-state index contributed by atoms with van der Waals surface area (Å²) in [6, 6.07) is 14.6. The molecule has 4 amide bonds. The molecule has 1 saturated heterocycles. The summed E-state index contributed by atoms with van der Waals surface area (Å²) >= 11 is 0. The Morgan fingerprint density at radius 3 is 2.41 bits per heavy atom. The van der Waals surface area contributed by atoms with Crippen LogP contribution in [0.15, 0.2) is 67.3 Å². The molecule has 3 N–H and O–H groups in total. The van der Waals surface area contributed by atoms with E-state index in [-0.39, 0.29) is 26.0 Å². The fourth-order valence-electron chi connectivity index (χ4n) is 6.88. The number of carbonyl (C=O) groups is 4. The smallest absolute Gasteiger partial charge is 0.259 e. The molecule has 1 aromatic heterocycles. The maximum Gasteiger partial charge on any atom is 0.259 e. The first kappa shape index (κ1) is 38.7. The maximum atomic E-state index is 14.5. The van der Waals surface area contributed by atoms with Crippen LogP contribution in [-0.4, -0.2) is 98.3 Å². The molecule has 2 saturated carbocycles. The Bertz CT molecular complexity index is 2070. The largest absolute Gasteiger partial charge is 0.497 e. The second kappa shape index (κ2) is 15.0. The standard InChI is InChI=1S/C39H47N5O9S/c1-7-24-20-39(24,37(48)43-54(49,50)27-14-15-27)42-35(46)31-18-26(21-44(31)36(47)34(38(2,3)4)41-33(45)22-51-5)53-32-19-29(23-11-9-8-10-12-23)40-30-17-25(52-6)13-16-28(30)32/h7-13,16-17,19,24,26-27,31,34H,1,14-15,18,20-22H2,2-6H3,(H,41,45)(H,42,46)(H,43,48)/t24-,26-,31?,34-,39-/m1/s1. The van der Waals surface area contributed by atoms with E-state index in [0.717, 1.165) is 5.56 Å². The third-order valence-corrected chi connectivity index (χ3v) is 12.0. The van der Waals surface area contributed by atoms with Gasteiger partial charge in [0.25, 0.3) is 5.91 Å². The number of fused-ring (bicyclic) bond motifs is 1. The minimum absolute atomic E-state index is 0.0257. The molecule has 2 aromatic carbocycles. The molecule has 1 aliphatic heterocycles. The van der Waals surface area contributed by atoms with Crippen LogP contribution in [-0.2, 0) is 33.9 Å². The number of likely N-dealkylation sites (tertiary alicyclic amines) is 1. The molecular formula is C39H47N5O9S. The van der Waals surface area contributed by atoms with E-state index in [0.29, 0.717) is 40.9 Å². The topological polar surface area (TPSA) is 182 Å². The molecule has 2 heterocycles. The number of hydrogen-bond acceptors (Lipinski definition) is 10. The summed E-state index contributed by atoms with van der Waals surface area (Å²) in [5, 5.41) is 5.60. The Labute approximate surface area is 315 Å². The van der Waals surface area contributed by atoms with Gasteiger partial charge in [0.1, 0.15) is 41.8 Å². The van der Waals surface area contributed by atoms with Crippen molar-refractivity contribution in [3.63, 3.8) is 0 Å². The monoisotopic (exact) mass is 761 g/mol. The number of ether oxygens (including phenoxy) is 3. The average molecular weight is 762 g/mol. The normalized spacial score (nSPS) is 22.9. The predicted octanol–water partition coefficient (Wildman–Crippen LogP) is 3.11. The van der Waals surface area contributed by atoms with Crippen LogP contribution in [0.4, 0.5) is 0 Å². The lowest BCUT2D eigenvalue weighted by molar-refractivity contribution is -0.145. The van der Waals surface area contributed by atoms with E-state index in [4.69, 9.17) is 19.2 Å². The SMILES string of the molecule is C=C[C@@H]1C[C@]1(NC(=O)C1C[C@@H](Oc2cc(-c3ccccc3)nc3cc(OC)ccc23)CN1C(=O)[C@@H](NC(=O)COC)C(C)(C)C)C(=O)NS(=O)(=O)C1CC1. The van der Waals surface area contributed by atoms with Gasteiger partial charge in [-0.1, -0.05) is 57.2 Å². The number of amides is 4. The molecule has 1 unspecified atom stereocenters. The van der Waals surface area contributed by atoms with Crippen LogP contribution in [0.25, 0.3) is 22.2 Å². The van der Waals surface area contributed by atoms with Crippen molar-refractivity contribution in [2.45, 2.75) is 75.4 Å². The third kappa shape index (κ3) is 8.06. The first-order valence-corrected chi connectivity index (χ1v) is 19.4. The molecule has 3 aromatic rings. The van der Waals surface area contributed by atoms with Crippen molar-refractivity contribution in [2.24, 2.45) is 11.3 Å². The molecule has 6 rings (SSSR count). The van der Waals surface area contributed by atoms with Crippen molar-refractivity contribution in [1.82, 2.24) is 25.2 Å². The molecular weight excluding hydrogens is 715 g/mol. The number of carbonyl (C=O) groups excluding carboxylic acids is 4. The summed E-state index contributed by atoms with van der Waals surface area (Å²) in [5.41, 5.74) is -0.249. The summed E-state index contributed by atoms with van der Waals surface area (Å²) < 4.78 is 44.7. The van der Waals surface area contributed by atoms with E-state index in [1.807, 2.05) is 42.5 Å². The summed E-state index contributed by atoms with van der Waals surface area (Å²) in [7, 11) is -0.971. The Morgan fingerprint density at radius 2 is 1.80 bits per heavy atom.